The molecule has 0 saturated heterocycles. The van der Waals surface area contributed by atoms with E-state index in [2.05, 4.69) is 5.32 Å². The summed E-state index contributed by atoms with van der Waals surface area (Å²) < 4.78 is 4.69. The number of nitrogens with one attached hydrogen (secondary N) is 1. The third-order valence-electron chi connectivity index (χ3n) is 3.13. The number of carbonyl (C=O) groups is 1. The van der Waals surface area contributed by atoms with Crippen LogP contribution in [-0.4, -0.2) is 18.2 Å². The van der Waals surface area contributed by atoms with Crippen LogP contribution in [0, 0.1) is 0 Å². The molecule has 0 spiro atoms. The van der Waals surface area contributed by atoms with Gasteiger partial charge in [0.15, 0.2) is 0 Å². The number of esters is 1. The van der Waals surface area contributed by atoms with Gasteiger partial charge < -0.3 is 15.2 Å². The normalized spacial score (nSPS) is 11.8. The van der Waals surface area contributed by atoms with Gasteiger partial charge in [-0.25, -0.2) is 4.79 Å². The van der Waals surface area contributed by atoms with E-state index in [1.54, 1.807) is 36.4 Å². The highest BCUT2D eigenvalue weighted by Crippen LogP contribution is 2.28. The molecule has 2 rings (SSSR count). The molecular formula is C16H16ClNO3. The van der Waals surface area contributed by atoms with E-state index >= 15 is 0 Å². The molecule has 2 N–H and O–H groups in total. The molecule has 0 heterocycles. The number of carbonyl (C=O) groups excluding carboxylic acids is 1. The van der Waals surface area contributed by atoms with E-state index in [-0.39, 0.29) is 11.8 Å². The Morgan fingerprint density at radius 2 is 2.05 bits per heavy atom. The minimum Gasteiger partial charge on any atom is -0.508 e. The third kappa shape index (κ3) is 3.67. The summed E-state index contributed by atoms with van der Waals surface area (Å²) in [5, 5.41) is 13.2. The summed E-state index contributed by atoms with van der Waals surface area (Å²) in [6, 6.07) is 11.8. The summed E-state index contributed by atoms with van der Waals surface area (Å²) in [5.41, 5.74) is 1.97. The number of rotatable bonds is 4. The van der Waals surface area contributed by atoms with Gasteiger partial charge in [-0.1, -0.05) is 23.7 Å². The predicted molar refractivity (Wildman–Crippen MR) is 82.9 cm³/mol. The summed E-state index contributed by atoms with van der Waals surface area (Å²) in [4.78, 5) is 11.6. The minimum atomic E-state index is -0.417. The Balaban J connectivity index is 2.24. The van der Waals surface area contributed by atoms with Crippen molar-refractivity contribution in [2.75, 3.05) is 12.4 Å². The van der Waals surface area contributed by atoms with E-state index in [1.807, 2.05) is 13.0 Å². The fourth-order valence-electron chi connectivity index (χ4n) is 1.99. The largest absolute Gasteiger partial charge is 0.508 e. The molecule has 0 amide bonds. The SMILES string of the molecule is COC(=O)c1ccc(Cl)c(NC(C)c2cccc(O)c2)c1. The molecule has 1 atom stereocenters. The van der Waals surface area contributed by atoms with Crippen LogP contribution in [0.25, 0.3) is 0 Å². The molecule has 0 fully saturated rings. The Labute approximate surface area is 128 Å². The molecule has 4 nitrogen and oxygen atoms in total. The van der Waals surface area contributed by atoms with Crippen LogP contribution >= 0.6 is 11.6 Å². The van der Waals surface area contributed by atoms with Gasteiger partial charge >= 0.3 is 5.97 Å². The van der Waals surface area contributed by atoms with Crippen molar-refractivity contribution in [1.82, 2.24) is 0 Å². The molecular weight excluding hydrogens is 290 g/mol. The van der Waals surface area contributed by atoms with Gasteiger partial charge in [-0.2, -0.15) is 0 Å². The number of hydrogen-bond acceptors (Lipinski definition) is 4. The van der Waals surface area contributed by atoms with Crippen molar-refractivity contribution >= 4 is 23.3 Å². The number of aromatic hydroxyl groups is 1. The monoisotopic (exact) mass is 305 g/mol. The molecule has 5 heteroatoms. The molecule has 0 saturated carbocycles. The van der Waals surface area contributed by atoms with Crippen LogP contribution in [0.15, 0.2) is 42.5 Å². The molecule has 1 unspecified atom stereocenters. The molecule has 0 aliphatic heterocycles. The van der Waals surface area contributed by atoms with Gasteiger partial charge in [0.05, 0.1) is 23.4 Å². The van der Waals surface area contributed by atoms with Crippen molar-refractivity contribution in [3.05, 3.63) is 58.6 Å². The summed E-state index contributed by atoms with van der Waals surface area (Å²) in [7, 11) is 1.33. The lowest BCUT2D eigenvalue weighted by Crippen LogP contribution is -2.08. The molecule has 21 heavy (non-hydrogen) atoms. The lowest BCUT2D eigenvalue weighted by molar-refractivity contribution is 0.0601. The number of hydrogen-bond donors (Lipinski definition) is 2. The Kier molecular flexibility index (Phi) is 4.70. The van der Waals surface area contributed by atoms with Crippen LogP contribution in [0.3, 0.4) is 0 Å². The quantitative estimate of drug-likeness (QED) is 0.838. The zero-order valence-corrected chi connectivity index (χ0v) is 12.5. The van der Waals surface area contributed by atoms with Gasteiger partial charge in [0.1, 0.15) is 5.75 Å². The Morgan fingerprint density at radius 3 is 2.71 bits per heavy atom. The minimum absolute atomic E-state index is 0.0810. The van der Waals surface area contributed by atoms with E-state index in [1.165, 1.54) is 7.11 Å². The van der Waals surface area contributed by atoms with Gasteiger partial charge in [0.2, 0.25) is 0 Å². The number of phenols is 1. The Hall–Kier alpha value is -2.20. The zero-order valence-electron chi connectivity index (χ0n) is 11.8. The summed E-state index contributed by atoms with van der Waals surface area (Å²) in [6.45, 7) is 1.94. The first-order valence-corrected chi connectivity index (χ1v) is 6.82. The fraction of sp³-hybridized carbons (Fsp3) is 0.188. The van der Waals surface area contributed by atoms with Crippen LogP contribution < -0.4 is 5.32 Å². The maximum atomic E-state index is 11.6. The molecule has 0 radical (unpaired) electrons. The molecule has 0 bridgehead atoms. The van der Waals surface area contributed by atoms with E-state index in [0.29, 0.717) is 16.3 Å². The Morgan fingerprint density at radius 1 is 1.29 bits per heavy atom. The highest BCUT2D eigenvalue weighted by atomic mass is 35.5. The first kappa shape index (κ1) is 15.2. The van der Waals surface area contributed by atoms with Crippen molar-refractivity contribution in [2.45, 2.75) is 13.0 Å². The molecule has 110 valence electrons. The number of benzene rings is 2. The van der Waals surface area contributed by atoms with Crippen molar-refractivity contribution in [2.24, 2.45) is 0 Å². The maximum absolute atomic E-state index is 11.6. The average molecular weight is 306 g/mol. The smallest absolute Gasteiger partial charge is 0.337 e. The van der Waals surface area contributed by atoms with Gasteiger partial charge in [0, 0.05) is 6.04 Å². The highest BCUT2D eigenvalue weighted by Gasteiger charge is 2.12. The fourth-order valence-corrected chi connectivity index (χ4v) is 2.16. The standard InChI is InChI=1S/C16H16ClNO3/c1-10(11-4-3-5-13(19)8-11)18-15-9-12(16(20)21-2)6-7-14(15)17/h3-10,18-19H,1-2H3. The number of phenolic OH excluding ortho intramolecular Hbond substituents is 1. The molecule has 2 aromatic rings. The van der Waals surface area contributed by atoms with Crippen LogP contribution in [0.2, 0.25) is 5.02 Å². The summed E-state index contributed by atoms with van der Waals surface area (Å²) >= 11 is 6.14. The highest BCUT2D eigenvalue weighted by molar-refractivity contribution is 6.33. The van der Waals surface area contributed by atoms with Crippen molar-refractivity contribution in [3.63, 3.8) is 0 Å². The third-order valence-corrected chi connectivity index (χ3v) is 3.46. The first-order chi connectivity index (χ1) is 10.0. The van der Waals surface area contributed by atoms with E-state index in [0.717, 1.165) is 5.56 Å². The van der Waals surface area contributed by atoms with Crippen molar-refractivity contribution < 1.29 is 14.6 Å². The predicted octanol–water partition coefficient (Wildman–Crippen LogP) is 4.01. The van der Waals surface area contributed by atoms with Gasteiger partial charge in [-0.15, -0.1) is 0 Å². The number of halogens is 1. The van der Waals surface area contributed by atoms with Crippen molar-refractivity contribution in [1.29, 1.82) is 0 Å². The second-order valence-electron chi connectivity index (χ2n) is 4.65. The lowest BCUT2D eigenvalue weighted by atomic mass is 10.1. The lowest BCUT2D eigenvalue weighted by Gasteiger charge is -2.17. The van der Waals surface area contributed by atoms with Crippen LogP contribution in [0.4, 0.5) is 5.69 Å². The van der Waals surface area contributed by atoms with E-state index < -0.39 is 5.97 Å². The second-order valence-corrected chi connectivity index (χ2v) is 5.05. The average Bonchev–Trinajstić information content (AvgIpc) is 2.48. The van der Waals surface area contributed by atoms with E-state index in [4.69, 9.17) is 16.3 Å². The number of methoxy groups -OCH3 is 1. The molecule has 2 aromatic carbocycles. The van der Waals surface area contributed by atoms with Gasteiger partial charge in [-0.3, -0.25) is 0 Å². The second kappa shape index (κ2) is 6.50. The maximum Gasteiger partial charge on any atom is 0.337 e. The Bertz CT molecular complexity index is 658. The van der Waals surface area contributed by atoms with Gasteiger partial charge in [-0.05, 0) is 42.8 Å². The first-order valence-electron chi connectivity index (χ1n) is 6.44. The molecule has 0 aliphatic rings. The zero-order chi connectivity index (χ0) is 15.4. The molecule has 0 aromatic heterocycles. The topological polar surface area (TPSA) is 58.6 Å². The van der Waals surface area contributed by atoms with Gasteiger partial charge in [0.25, 0.3) is 0 Å². The van der Waals surface area contributed by atoms with Crippen LogP contribution in [0.5, 0.6) is 5.75 Å². The number of anilines is 1. The summed E-state index contributed by atoms with van der Waals surface area (Å²) in [5.74, 6) is -0.213. The van der Waals surface area contributed by atoms with Crippen LogP contribution in [0.1, 0.15) is 28.9 Å². The summed E-state index contributed by atoms with van der Waals surface area (Å²) in [6.07, 6.45) is 0. The van der Waals surface area contributed by atoms with E-state index in [9.17, 15) is 9.90 Å². The van der Waals surface area contributed by atoms with Crippen LogP contribution in [-0.2, 0) is 4.74 Å². The molecule has 0 aliphatic carbocycles. The van der Waals surface area contributed by atoms with Crippen molar-refractivity contribution in [3.8, 4) is 5.75 Å². The number of ether oxygens (including phenoxy) is 1.